The summed E-state index contributed by atoms with van der Waals surface area (Å²) in [4.78, 5) is 2.43. The number of hydrogen-bond donors (Lipinski definition) is 1. The van der Waals surface area contributed by atoms with Crippen molar-refractivity contribution in [3.05, 3.63) is 71.8 Å². The zero-order chi connectivity index (χ0) is 15.4. The van der Waals surface area contributed by atoms with E-state index in [1.54, 1.807) is 0 Å². The Morgan fingerprint density at radius 3 is 1.73 bits per heavy atom. The number of piperidine rings is 1. The zero-order valence-electron chi connectivity index (χ0n) is 13.3. The molecule has 1 unspecified atom stereocenters. The van der Waals surface area contributed by atoms with Gasteiger partial charge < -0.3 is 5.11 Å². The van der Waals surface area contributed by atoms with E-state index < -0.39 is 5.60 Å². The van der Waals surface area contributed by atoms with Crippen molar-refractivity contribution in [1.82, 2.24) is 4.90 Å². The summed E-state index contributed by atoms with van der Waals surface area (Å²) in [5, 5.41) is 11.7. The Labute approximate surface area is 133 Å². The third kappa shape index (κ3) is 2.81. The number of nitrogens with zero attached hydrogens (tertiary/aromatic N) is 1. The van der Waals surface area contributed by atoms with Gasteiger partial charge in [0.1, 0.15) is 5.60 Å². The topological polar surface area (TPSA) is 23.5 Å². The molecular formula is C20H25NO. The fourth-order valence-corrected chi connectivity index (χ4v) is 3.60. The Balaban J connectivity index is 2.03. The molecule has 0 bridgehead atoms. The van der Waals surface area contributed by atoms with Crippen molar-refractivity contribution in [3.8, 4) is 0 Å². The summed E-state index contributed by atoms with van der Waals surface area (Å²) in [5.74, 6) is 0. The average molecular weight is 295 g/mol. The molecule has 2 aromatic rings. The van der Waals surface area contributed by atoms with Crippen LogP contribution in [0.1, 0.15) is 37.3 Å². The van der Waals surface area contributed by atoms with Gasteiger partial charge in [0.15, 0.2) is 0 Å². The first-order chi connectivity index (χ1) is 10.7. The summed E-state index contributed by atoms with van der Waals surface area (Å²) in [7, 11) is 0. The third-order valence-corrected chi connectivity index (χ3v) is 4.97. The van der Waals surface area contributed by atoms with Crippen LogP contribution in [0.5, 0.6) is 0 Å². The number of rotatable bonds is 4. The zero-order valence-corrected chi connectivity index (χ0v) is 13.3. The van der Waals surface area contributed by atoms with Gasteiger partial charge in [0, 0.05) is 6.04 Å². The number of hydrogen-bond acceptors (Lipinski definition) is 2. The van der Waals surface area contributed by atoms with Crippen molar-refractivity contribution in [2.75, 3.05) is 13.1 Å². The van der Waals surface area contributed by atoms with Gasteiger partial charge in [-0.3, -0.25) is 4.90 Å². The van der Waals surface area contributed by atoms with E-state index in [1.807, 2.05) is 60.7 Å². The van der Waals surface area contributed by atoms with E-state index in [-0.39, 0.29) is 6.04 Å². The fraction of sp³-hybridized carbons (Fsp3) is 0.400. The molecule has 2 heteroatoms. The monoisotopic (exact) mass is 295 g/mol. The van der Waals surface area contributed by atoms with E-state index >= 15 is 0 Å². The van der Waals surface area contributed by atoms with E-state index in [0.29, 0.717) is 0 Å². The first kappa shape index (κ1) is 15.3. The Kier molecular flexibility index (Phi) is 4.60. The van der Waals surface area contributed by atoms with Crippen LogP contribution in [0.2, 0.25) is 0 Å². The Morgan fingerprint density at radius 2 is 1.27 bits per heavy atom. The highest BCUT2D eigenvalue weighted by Gasteiger charge is 2.40. The number of aliphatic hydroxyl groups is 1. The van der Waals surface area contributed by atoms with Crippen LogP contribution in [-0.4, -0.2) is 29.1 Å². The van der Waals surface area contributed by atoms with Crippen LogP contribution in [0, 0.1) is 0 Å². The normalized spacial score (nSPS) is 18.1. The summed E-state index contributed by atoms with van der Waals surface area (Å²) >= 11 is 0. The molecule has 1 heterocycles. The van der Waals surface area contributed by atoms with Gasteiger partial charge >= 0.3 is 0 Å². The standard InChI is InChI=1S/C20H25NO/c1-17(21-15-9-4-10-16-21)20(22,18-11-5-2-6-12-18)19-13-7-3-8-14-19/h2-3,5-8,11-14,17,22H,4,9-10,15-16H2,1H3. The smallest absolute Gasteiger partial charge is 0.130 e. The van der Waals surface area contributed by atoms with Crippen molar-refractivity contribution in [2.24, 2.45) is 0 Å². The van der Waals surface area contributed by atoms with Crippen LogP contribution in [0.25, 0.3) is 0 Å². The van der Waals surface area contributed by atoms with Crippen LogP contribution in [0.4, 0.5) is 0 Å². The van der Waals surface area contributed by atoms with Crippen molar-refractivity contribution in [3.63, 3.8) is 0 Å². The third-order valence-electron chi connectivity index (χ3n) is 4.97. The maximum atomic E-state index is 11.7. The summed E-state index contributed by atoms with van der Waals surface area (Å²) in [6, 6.07) is 20.2. The Hall–Kier alpha value is -1.64. The second-order valence-corrected chi connectivity index (χ2v) is 6.27. The first-order valence-corrected chi connectivity index (χ1v) is 8.30. The molecule has 1 fully saturated rings. The fourth-order valence-electron chi connectivity index (χ4n) is 3.60. The molecule has 1 aliphatic heterocycles. The first-order valence-electron chi connectivity index (χ1n) is 8.30. The molecule has 0 saturated carbocycles. The average Bonchev–Trinajstić information content (AvgIpc) is 2.62. The maximum Gasteiger partial charge on any atom is 0.130 e. The van der Waals surface area contributed by atoms with Gasteiger partial charge in [0.05, 0.1) is 0 Å². The lowest BCUT2D eigenvalue weighted by Crippen LogP contribution is -2.51. The minimum Gasteiger partial charge on any atom is -0.379 e. The van der Waals surface area contributed by atoms with Gasteiger partial charge in [-0.15, -0.1) is 0 Å². The number of benzene rings is 2. The van der Waals surface area contributed by atoms with Gasteiger partial charge in [-0.05, 0) is 44.0 Å². The van der Waals surface area contributed by atoms with E-state index in [1.165, 1.54) is 19.3 Å². The van der Waals surface area contributed by atoms with Crippen molar-refractivity contribution < 1.29 is 5.11 Å². The number of likely N-dealkylation sites (tertiary alicyclic amines) is 1. The lowest BCUT2D eigenvalue weighted by molar-refractivity contribution is -0.0195. The van der Waals surface area contributed by atoms with Crippen LogP contribution < -0.4 is 0 Å². The van der Waals surface area contributed by atoms with Gasteiger partial charge in [-0.25, -0.2) is 0 Å². The summed E-state index contributed by atoms with van der Waals surface area (Å²) in [6.07, 6.45) is 3.76. The van der Waals surface area contributed by atoms with Crippen molar-refractivity contribution in [1.29, 1.82) is 0 Å². The minimum absolute atomic E-state index is 0.0533. The van der Waals surface area contributed by atoms with E-state index in [0.717, 1.165) is 24.2 Å². The second-order valence-electron chi connectivity index (χ2n) is 6.27. The molecule has 0 aromatic heterocycles. The predicted molar refractivity (Wildman–Crippen MR) is 90.8 cm³/mol. The molecule has 1 N–H and O–H groups in total. The van der Waals surface area contributed by atoms with Crippen LogP contribution >= 0.6 is 0 Å². The van der Waals surface area contributed by atoms with Gasteiger partial charge in [0.2, 0.25) is 0 Å². The predicted octanol–water partition coefficient (Wildman–Crippen LogP) is 3.80. The summed E-state index contributed by atoms with van der Waals surface area (Å²) in [6.45, 7) is 4.30. The van der Waals surface area contributed by atoms with Gasteiger partial charge in [-0.2, -0.15) is 0 Å². The largest absolute Gasteiger partial charge is 0.379 e. The molecule has 1 saturated heterocycles. The van der Waals surface area contributed by atoms with E-state index in [2.05, 4.69) is 11.8 Å². The molecule has 3 rings (SSSR count). The quantitative estimate of drug-likeness (QED) is 0.927. The van der Waals surface area contributed by atoms with E-state index in [9.17, 15) is 5.11 Å². The molecule has 0 radical (unpaired) electrons. The summed E-state index contributed by atoms with van der Waals surface area (Å²) in [5.41, 5.74) is 0.971. The van der Waals surface area contributed by atoms with Crippen LogP contribution in [0.3, 0.4) is 0 Å². The van der Waals surface area contributed by atoms with Gasteiger partial charge in [0.25, 0.3) is 0 Å². The van der Waals surface area contributed by atoms with Crippen LogP contribution in [-0.2, 0) is 5.60 Å². The minimum atomic E-state index is -0.972. The highest BCUT2D eigenvalue weighted by Crippen LogP contribution is 2.36. The highest BCUT2D eigenvalue weighted by molar-refractivity contribution is 5.38. The lowest BCUT2D eigenvalue weighted by Gasteiger charge is -2.43. The summed E-state index contributed by atoms with van der Waals surface area (Å²) < 4.78 is 0. The molecule has 1 aliphatic rings. The van der Waals surface area contributed by atoms with Crippen LogP contribution in [0.15, 0.2) is 60.7 Å². The maximum absolute atomic E-state index is 11.7. The molecule has 116 valence electrons. The van der Waals surface area contributed by atoms with Gasteiger partial charge in [-0.1, -0.05) is 67.1 Å². The lowest BCUT2D eigenvalue weighted by atomic mass is 9.79. The Bertz CT molecular complexity index is 536. The molecule has 0 aliphatic carbocycles. The molecule has 0 amide bonds. The molecule has 2 aromatic carbocycles. The van der Waals surface area contributed by atoms with Crippen molar-refractivity contribution in [2.45, 2.75) is 37.8 Å². The Morgan fingerprint density at radius 1 is 0.818 bits per heavy atom. The van der Waals surface area contributed by atoms with Crippen molar-refractivity contribution >= 4 is 0 Å². The SMILES string of the molecule is CC(N1CCCCC1)C(O)(c1ccccc1)c1ccccc1. The van der Waals surface area contributed by atoms with E-state index in [4.69, 9.17) is 0 Å². The molecule has 0 spiro atoms. The molecule has 2 nitrogen and oxygen atoms in total. The molecule has 22 heavy (non-hydrogen) atoms. The molecular weight excluding hydrogens is 270 g/mol. The highest BCUT2D eigenvalue weighted by atomic mass is 16.3. The second kappa shape index (κ2) is 6.64. The molecule has 1 atom stereocenters.